The Morgan fingerprint density at radius 3 is 2.92 bits per heavy atom. The Balaban J connectivity index is 3.15. The second-order valence-electron chi connectivity index (χ2n) is 2.49. The highest BCUT2D eigenvalue weighted by Gasteiger charge is 2.11. The first-order valence-electron chi connectivity index (χ1n) is 3.91. The Bertz CT molecular complexity index is 325. The van der Waals surface area contributed by atoms with E-state index in [9.17, 15) is 4.79 Å². The lowest BCUT2D eigenvalue weighted by Gasteiger charge is -2.04. The Morgan fingerprint density at radius 2 is 2.38 bits per heavy atom. The number of halogens is 1. The molecule has 0 bridgehead atoms. The summed E-state index contributed by atoms with van der Waals surface area (Å²) in [6, 6.07) is 1.72. The van der Waals surface area contributed by atoms with Gasteiger partial charge in [0.05, 0.1) is 18.4 Å². The second-order valence-corrected chi connectivity index (χ2v) is 3.41. The van der Waals surface area contributed by atoms with Crippen LogP contribution in [0, 0.1) is 0 Å². The van der Waals surface area contributed by atoms with Crippen LogP contribution in [-0.4, -0.2) is 18.1 Å². The minimum absolute atomic E-state index is 0.342. The van der Waals surface area contributed by atoms with Crippen LogP contribution in [0.1, 0.15) is 23.0 Å². The lowest BCUT2D eigenvalue weighted by molar-refractivity contribution is 0.0599. The van der Waals surface area contributed by atoms with E-state index in [1.54, 1.807) is 12.3 Å². The van der Waals surface area contributed by atoms with Crippen molar-refractivity contribution < 1.29 is 9.53 Å². The Kier molecular flexibility index (Phi) is 3.42. The highest BCUT2D eigenvalue weighted by atomic mass is 79.9. The van der Waals surface area contributed by atoms with Crippen LogP contribution in [0.25, 0.3) is 0 Å². The molecule has 0 aromatic carbocycles. The fourth-order valence-corrected chi connectivity index (χ4v) is 1.37. The fourth-order valence-electron chi connectivity index (χ4n) is 1.04. The van der Waals surface area contributed by atoms with Gasteiger partial charge in [0.1, 0.15) is 0 Å². The summed E-state index contributed by atoms with van der Waals surface area (Å²) in [6.45, 7) is 1.95. The van der Waals surface area contributed by atoms with Crippen LogP contribution in [0.2, 0.25) is 0 Å². The average Bonchev–Trinajstić information content (AvgIpc) is 2.16. The summed E-state index contributed by atoms with van der Waals surface area (Å²) in [6.07, 6.45) is 2.39. The molecule has 1 heterocycles. The van der Waals surface area contributed by atoms with E-state index in [0.717, 1.165) is 16.6 Å². The van der Waals surface area contributed by atoms with Crippen molar-refractivity contribution >= 4 is 21.9 Å². The first-order valence-corrected chi connectivity index (χ1v) is 4.71. The number of pyridine rings is 1. The number of carbonyl (C=O) groups is 1. The van der Waals surface area contributed by atoms with Crippen LogP contribution in [-0.2, 0) is 11.2 Å². The third kappa shape index (κ3) is 2.28. The highest BCUT2D eigenvalue weighted by Crippen LogP contribution is 2.15. The number of hydrogen-bond acceptors (Lipinski definition) is 3. The topological polar surface area (TPSA) is 39.2 Å². The van der Waals surface area contributed by atoms with Gasteiger partial charge in [-0.1, -0.05) is 6.92 Å². The summed E-state index contributed by atoms with van der Waals surface area (Å²) in [5, 5.41) is 0. The van der Waals surface area contributed by atoms with Gasteiger partial charge in [0.2, 0.25) is 0 Å². The fraction of sp³-hybridized carbons (Fsp3) is 0.333. The number of nitrogens with zero attached hydrogens (tertiary/aromatic N) is 1. The van der Waals surface area contributed by atoms with Gasteiger partial charge in [-0.2, -0.15) is 0 Å². The first kappa shape index (κ1) is 10.2. The van der Waals surface area contributed by atoms with E-state index < -0.39 is 0 Å². The Morgan fingerprint density at radius 1 is 1.69 bits per heavy atom. The van der Waals surface area contributed by atoms with Crippen molar-refractivity contribution in [2.45, 2.75) is 13.3 Å². The van der Waals surface area contributed by atoms with Gasteiger partial charge in [-0.25, -0.2) is 4.79 Å². The number of rotatable bonds is 2. The molecule has 0 N–H and O–H groups in total. The summed E-state index contributed by atoms with van der Waals surface area (Å²) in [7, 11) is 1.36. The Hall–Kier alpha value is -0.900. The van der Waals surface area contributed by atoms with E-state index in [1.807, 2.05) is 6.92 Å². The smallest absolute Gasteiger partial charge is 0.339 e. The van der Waals surface area contributed by atoms with Crippen LogP contribution in [0.4, 0.5) is 0 Å². The van der Waals surface area contributed by atoms with Crippen LogP contribution >= 0.6 is 15.9 Å². The van der Waals surface area contributed by atoms with Gasteiger partial charge in [-0.05, 0) is 28.4 Å². The van der Waals surface area contributed by atoms with Gasteiger partial charge in [-0.3, -0.25) is 4.98 Å². The van der Waals surface area contributed by atoms with Crippen molar-refractivity contribution in [3.8, 4) is 0 Å². The molecule has 0 saturated carbocycles. The van der Waals surface area contributed by atoms with E-state index in [1.165, 1.54) is 7.11 Å². The second kappa shape index (κ2) is 4.37. The molecule has 0 radical (unpaired) electrons. The molecule has 0 fully saturated rings. The maximum Gasteiger partial charge on any atom is 0.339 e. The van der Waals surface area contributed by atoms with Crippen LogP contribution in [0.5, 0.6) is 0 Å². The van der Waals surface area contributed by atoms with E-state index in [4.69, 9.17) is 0 Å². The third-order valence-electron chi connectivity index (χ3n) is 1.68. The molecular formula is C9H10BrNO2. The van der Waals surface area contributed by atoms with Crippen molar-refractivity contribution in [2.75, 3.05) is 7.11 Å². The Labute approximate surface area is 85.3 Å². The predicted molar refractivity (Wildman–Crippen MR) is 52.7 cm³/mol. The molecule has 0 atom stereocenters. The molecule has 4 heteroatoms. The maximum atomic E-state index is 11.3. The molecule has 0 aliphatic heterocycles. The average molecular weight is 244 g/mol. The van der Waals surface area contributed by atoms with E-state index in [0.29, 0.717) is 5.56 Å². The van der Waals surface area contributed by atoms with Crippen LogP contribution in [0.3, 0.4) is 0 Å². The minimum atomic E-state index is -0.342. The number of carbonyl (C=O) groups excluding carboxylic acids is 1. The summed E-state index contributed by atoms with van der Waals surface area (Å²) in [4.78, 5) is 15.4. The number of hydrogen-bond donors (Lipinski definition) is 0. The molecule has 1 aromatic heterocycles. The molecule has 1 aromatic rings. The van der Waals surface area contributed by atoms with E-state index in [-0.39, 0.29) is 5.97 Å². The molecule has 0 aliphatic rings. The monoisotopic (exact) mass is 243 g/mol. The lowest BCUT2D eigenvalue weighted by Crippen LogP contribution is -2.06. The van der Waals surface area contributed by atoms with Gasteiger partial charge in [0.25, 0.3) is 0 Å². The molecule has 0 amide bonds. The van der Waals surface area contributed by atoms with Gasteiger partial charge < -0.3 is 4.74 Å². The van der Waals surface area contributed by atoms with Gasteiger partial charge in [0, 0.05) is 10.7 Å². The van der Waals surface area contributed by atoms with Crippen molar-refractivity contribution in [3.63, 3.8) is 0 Å². The first-order chi connectivity index (χ1) is 6.19. The largest absolute Gasteiger partial charge is 0.465 e. The molecule has 0 saturated heterocycles. The predicted octanol–water partition coefficient (Wildman–Crippen LogP) is 2.19. The third-order valence-corrected chi connectivity index (χ3v) is 2.11. The molecule has 70 valence electrons. The molecule has 3 nitrogen and oxygen atoms in total. The molecule has 0 unspecified atom stereocenters. The molecule has 0 aliphatic carbocycles. The van der Waals surface area contributed by atoms with Gasteiger partial charge in [0.15, 0.2) is 0 Å². The minimum Gasteiger partial charge on any atom is -0.465 e. The molecule has 0 spiro atoms. The van der Waals surface area contributed by atoms with Gasteiger partial charge >= 0.3 is 5.97 Å². The quantitative estimate of drug-likeness (QED) is 0.748. The van der Waals surface area contributed by atoms with E-state index in [2.05, 4.69) is 25.7 Å². The summed E-state index contributed by atoms with van der Waals surface area (Å²) >= 11 is 3.25. The van der Waals surface area contributed by atoms with Crippen molar-refractivity contribution in [1.29, 1.82) is 0 Å². The van der Waals surface area contributed by atoms with E-state index >= 15 is 0 Å². The highest BCUT2D eigenvalue weighted by molar-refractivity contribution is 9.10. The summed E-state index contributed by atoms with van der Waals surface area (Å²) < 4.78 is 5.42. The van der Waals surface area contributed by atoms with Crippen LogP contribution in [0.15, 0.2) is 16.7 Å². The molecular weight excluding hydrogens is 234 g/mol. The lowest BCUT2D eigenvalue weighted by atomic mass is 10.1. The summed E-state index contributed by atoms with van der Waals surface area (Å²) in [5.41, 5.74) is 1.29. The normalized spacial score (nSPS) is 9.77. The van der Waals surface area contributed by atoms with Crippen molar-refractivity contribution in [3.05, 3.63) is 28.0 Å². The molecule has 13 heavy (non-hydrogen) atoms. The maximum absolute atomic E-state index is 11.3. The zero-order valence-electron chi connectivity index (χ0n) is 7.50. The van der Waals surface area contributed by atoms with Crippen molar-refractivity contribution in [1.82, 2.24) is 4.98 Å². The number of esters is 1. The van der Waals surface area contributed by atoms with Crippen molar-refractivity contribution in [2.24, 2.45) is 0 Å². The number of aromatic nitrogens is 1. The number of methoxy groups -OCH3 is 1. The summed E-state index contributed by atoms with van der Waals surface area (Å²) in [5.74, 6) is -0.342. The standard InChI is InChI=1S/C9H10BrNO2/c1-3-8-7(9(12)13-2)4-6(10)5-11-8/h4-5H,3H2,1-2H3. The zero-order chi connectivity index (χ0) is 9.84. The number of ether oxygens (including phenoxy) is 1. The SMILES string of the molecule is CCc1ncc(Br)cc1C(=O)OC. The number of aryl methyl sites for hydroxylation is 1. The van der Waals surface area contributed by atoms with Crippen LogP contribution < -0.4 is 0 Å². The molecule has 1 rings (SSSR count). The zero-order valence-corrected chi connectivity index (χ0v) is 9.09. The van der Waals surface area contributed by atoms with Gasteiger partial charge in [-0.15, -0.1) is 0 Å².